The Balaban J connectivity index is 2.25. The van der Waals surface area contributed by atoms with Gasteiger partial charge in [0.25, 0.3) is 5.56 Å². The van der Waals surface area contributed by atoms with E-state index in [-0.39, 0.29) is 16.2 Å². The third-order valence-electron chi connectivity index (χ3n) is 3.96. The van der Waals surface area contributed by atoms with Gasteiger partial charge in [-0.1, -0.05) is 17.7 Å². The fourth-order valence-electron chi connectivity index (χ4n) is 2.62. The number of hydrogen-bond donors (Lipinski definition) is 2. The zero-order valence-electron chi connectivity index (χ0n) is 13.9. The van der Waals surface area contributed by atoms with Crippen LogP contribution in [0.15, 0.2) is 45.3 Å². The Morgan fingerprint density at radius 1 is 1.32 bits per heavy atom. The molecule has 1 aliphatic heterocycles. The molecule has 25 heavy (non-hydrogen) atoms. The van der Waals surface area contributed by atoms with E-state index in [1.54, 1.807) is 18.2 Å². The number of aliphatic imine (C=N–C) groups is 1. The number of nitrogens with one attached hydrogen (secondary N) is 1. The highest BCUT2D eigenvalue weighted by molar-refractivity contribution is 7.71. The smallest absolute Gasteiger partial charge is 0.262 e. The molecule has 0 bridgehead atoms. The molecule has 3 rings (SSSR count). The van der Waals surface area contributed by atoms with E-state index in [1.165, 1.54) is 4.57 Å². The van der Waals surface area contributed by atoms with Crippen LogP contribution in [-0.2, 0) is 0 Å². The molecule has 1 aromatic carbocycles. The standard InChI is InChI=1S/C18H16ClN3O2S/c1-9-4-5-13(8-15(9)19)22-17(24)14(16(23)21-18(22)25)7-12-6-10(2)20-11(12)3/h4-8,24H,1-3H3,(H,21,23,25). The van der Waals surface area contributed by atoms with Crippen LogP contribution in [0.3, 0.4) is 0 Å². The largest absolute Gasteiger partial charge is 0.494 e. The topological polar surface area (TPSA) is 70.4 Å². The maximum atomic E-state index is 12.3. The first-order valence-electron chi connectivity index (χ1n) is 7.58. The summed E-state index contributed by atoms with van der Waals surface area (Å²) in [5.74, 6) is -0.244. The summed E-state index contributed by atoms with van der Waals surface area (Å²) in [4.78, 5) is 19.2. The van der Waals surface area contributed by atoms with Gasteiger partial charge < -0.3 is 5.11 Å². The third-order valence-corrected chi connectivity index (χ3v) is 4.65. The van der Waals surface area contributed by atoms with Crippen molar-refractivity contribution < 1.29 is 5.11 Å². The van der Waals surface area contributed by atoms with Crippen LogP contribution in [0.2, 0.25) is 5.02 Å². The lowest BCUT2D eigenvalue weighted by Gasteiger charge is -2.12. The molecule has 0 amide bonds. The minimum Gasteiger partial charge on any atom is -0.494 e. The first kappa shape index (κ1) is 17.4. The molecule has 0 radical (unpaired) electrons. The molecule has 0 aliphatic carbocycles. The molecule has 0 fully saturated rings. The van der Waals surface area contributed by atoms with Crippen molar-refractivity contribution >= 4 is 35.6 Å². The van der Waals surface area contributed by atoms with Gasteiger partial charge in [-0.05, 0) is 68.4 Å². The van der Waals surface area contributed by atoms with Crippen LogP contribution < -0.4 is 5.56 Å². The monoisotopic (exact) mass is 373 g/mol. The molecule has 2 N–H and O–H groups in total. The van der Waals surface area contributed by atoms with Crippen molar-refractivity contribution in [3.05, 3.63) is 66.8 Å². The molecule has 5 nitrogen and oxygen atoms in total. The number of aryl methyl sites for hydroxylation is 1. The van der Waals surface area contributed by atoms with Crippen molar-refractivity contribution in [3.8, 4) is 11.6 Å². The van der Waals surface area contributed by atoms with Crippen molar-refractivity contribution in [3.63, 3.8) is 0 Å². The summed E-state index contributed by atoms with van der Waals surface area (Å²) < 4.78 is 1.47. The number of benzene rings is 1. The Hall–Kier alpha value is -2.44. The van der Waals surface area contributed by atoms with Crippen molar-refractivity contribution in [2.45, 2.75) is 20.8 Å². The highest BCUT2D eigenvalue weighted by atomic mass is 35.5. The van der Waals surface area contributed by atoms with Crippen LogP contribution in [0.5, 0.6) is 5.88 Å². The average molecular weight is 374 g/mol. The van der Waals surface area contributed by atoms with Gasteiger partial charge in [-0.15, -0.1) is 0 Å². The minimum atomic E-state index is -0.463. The Morgan fingerprint density at radius 3 is 2.64 bits per heavy atom. The summed E-state index contributed by atoms with van der Waals surface area (Å²) in [5, 5.41) is 11.2. The van der Waals surface area contributed by atoms with Gasteiger partial charge in [-0.3, -0.25) is 19.3 Å². The number of allylic oxidation sites excluding steroid dienone is 3. The number of H-pyrrole nitrogens is 1. The molecule has 128 valence electrons. The zero-order valence-corrected chi connectivity index (χ0v) is 15.5. The average Bonchev–Trinajstić information content (AvgIpc) is 2.84. The van der Waals surface area contributed by atoms with E-state index < -0.39 is 5.56 Å². The first-order chi connectivity index (χ1) is 11.8. The molecular formula is C18H16ClN3O2S. The van der Waals surface area contributed by atoms with Crippen LogP contribution in [0.1, 0.15) is 25.0 Å². The normalized spacial score (nSPS) is 15.4. The number of nitrogens with zero attached hydrogens (tertiary/aromatic N) is 2. The number of hydrogen-bond acceptors (Lipinski definition) is 4. The second-order valence-electron chi connectivity index (χ2n) is 5.85. The van der Waals surface area contributed by atoms with E-state index in [9.17, 15) is 9.90 Å². The molecule has 2 aromatic rings. The van der Waals surface area contributed by atoms with E-state index >= 15 is 0 Å². The van der Waals surface area contributed by atoms with Crippen LogP contribution in [0.25, 0.3) is 11.8 Å². The van der Waals surface area contributed by atoms with Gasteiger partial charge in [0, 0.05) is 16.4 Å². The number of aromatic hydroxyl groups is 1. The SMILES string of the molecule is CC1=CC(=Cc2c(O)n(-c3ccc(C)c(Cl)c3)c(=S)[nH]c2=O)C(C)=N1. The Kier molecular flexibility index (Phi) is 4.49. The van der Waals surface area contributed by atoms with Gasteiger partial charge in [0.05, 0.1) is 5.69 Å². The number of aromatic nitrogens is 2. The molecule has 7 heteroatoms. The predicted octanol–water partition coefficient (Wildman–Crippen LogP) is 4.32. The maximum absolute atomic E-state index is 12.3. The summed E-state index contributed by atoms with van der Waals surface area (Å²) in [6, 6.07) is 5.29. The lowest BCUT2D eigenvalue weighted by molar-refractivity contribution is 0.432. The molecule has 0 unspecified atom stereocenters. The quantitative estimate of drug-likeness (QED) is 0.770. The molecule has 1 aliphatic rings. The van der Waals surface area contributed by atoms with Crippen LogP contribution in [0, 0.1) is 11.7 Å². The number of rotatable bonds is 2. The molecule has 2 heterocycles. The van der Waals surface area contributed by atoms with E-state index in [0.29, 0.717) is 10.7 Å². The molecular weight excluding hydrogens is 358 g/mol. The fraction of sp³-hybridized carbons (Fsp3) is 0.167. The van der Waals surface area contributed by atoms with Crippen molar-refractivity contribution in [2.75, 3.05) is 0 Å². The van der Waals surface area contributed by atoms with E-state index in [0.717, 1.165) is 22.5 Å². The molecule has 0 saturated carbocycles. The third kappa shape index (κ3) is 3.23. The van der Waals surface area contributed by atoms with E-state index in [4.69, 9.17) is 23.8 Å². The van der Waals surface area contributed by atoms with Gasteiger partial charge >= 0.3 is 0 Å². The van der Waals surface area contributed by atoms with Crippen molar-refractivity contribution in [1.82, 2.24) is 9.55 Å². The number of halogens is 1. The maximum Gasteiger partial charge on any atom is 0.262 e. The second-order valence-corrected chi connectivity index (χ2v) is 6.64. The Morgan fingerprint density at radius 2 is 2.04 bits per heavy atom. The summed E-state index contributed by atoms with van der Waals surface area (Å²) in [5.41, 5.74) is 3.51. The Labute approximate surface area is 154 Å². The van der Waals surface area contributed by atoms with Gasteiger partial charge in [0.15, 0.2) is 4.77 Å². The second kappa shape index (κ2) is 6.46. The number of aromatic amines is 1. The highest BCUT2D eigenvalue weighted by Gasteiger charge is 2.15. The summed E-state index contributed by atoms with van der Waals surface area (Å²) in [6.07, 6.45) is 3.45. The zero-order chi connectivity index (χ0) is 18.3. The molecule has 0 saturated heterocycles. The van der Waals surface area contributed by atoms with Crippen LogP contribution >= 0.6 is 23.8 Å². The van der Waals surface area contributed by atoms with Crippen molar-refractivity contribution in [2.24, 2.45) is 4.99 Å². The van der Waals surface area contributed by atoms with Gasteiger partial charge in [0.1, 0.15) is 5.56 Å². The summed E-state index contributed by atoms with van der Waals surface area (Å²) in [7, 11) is 0. The lowest BCUT2D eigenvalue weighted by Crippen LogP contribution is -2.16. The highest BCUT2D eigenvalue weighted by Crippen LogP contribution is 2.26. The minimum absolute atomic E-state index is 0.0908. The van der Waals surface area contributed by atoms with Gasteiger partial charge in [-0.25, -0.2) is 0 Å². The van der Waals surface area contributed by atoms with Gasteiger partial charge in [0.2, 0.25) is 5.88 Å². The van der Waals surface area contributed by atoms with Gasteiger partial charge in [-0.2, -0.15) is 0 Å². The van der Waals surface area contributed by atoms with E-state index in [2.05, 4.69) is 9.98 Å². The predicted molar refractivity (Wildman–Crippen MR) is 103 cm³/mol. The fourth-order valence-corrected chi connectivity index (χ4v) is 3.08. The molecule has 1 aromatic heterocycles. The van der Waals surface area contributed by atoms with Crippen LogP contribution in [-0.4, -0.2) is 20.4 Å². The summed E-state index contributed by atoms with van der Waals surface area (Å²) >= 11 is 11.4. The van der Waals surface area contributed by atoms with Crippen LogP contribution in [0.4, 0.5) is 0 Å². The van der Waals surface area contributed by atoms with Crippen molar-refractivity contribution in [1.29, 1.82) is 0 Å². The summed E-state index contributed by atoms with van der Waals surface area (Å²) in [6.45, 7) is 5.60. The molecule has 0 atom stereocenters. The first-order valence-corrected chi connectivity index (χ1v) is 8.37. The lowest BCUT2D eigenvalue weighted by atomic mass is 10.1. The Bertz CT molecular complexity index is 1090. The van der Waals surface area contributed by atoms with E-state index in [1.807, 2.05) is 32.9 Å². The molecule has 0 spiro atoms.